The molecule has 5 heteroatoms. The zero-order valence-electron chi connectivity index (χ0n) is 15.8. The monoisotopic (exact) mass is 357 g/mol. The quantitative estimate of drug-likeness (QED) is 0.897. The molecule has 3 fully saturated rings. The van der Waals surface area contributed by atoms with Crippen LogP contribution in [0.5, 0.6) is 5.75 Å². The van der Waals surface area contributed by atoms with Gasteiger partial charge in [-0.15, -0.1) is 0 Å². The minimum Gasteiger partial charge on any atom is -0.489 e. The summed E-state index contributed by atoms with van der Waals surface area (Å²) in [7, 11) is 0. The summed E-state index contributed by atoms with van der Waals surface area (Å²) >= 11 is 0. The maximum absolute atomic E-state index is 12.9. The van der Waals surface area contributed by atoms with Gasteiger partial charge in [-0.25, -0.2) is 0 Å². The third-order valence-corrected chi connectivity index (χ3v) is 6.15. The van der Waals surface area contributed by atoms with Gasteiger partial charge in [-0.2, -0.15) is 0 Å². The van der Waals surface area contributed by atoms with Crippen LogP contribution in [-0.2, 0) is 4.79 Å². The zero-order chi connectivity index (χ0) is 17.9. The number of rotatable bonds is 4. The molecule has 3 aliphatic rings. The summed E-state index contributed by atoms with van der Waals surface area (Å²) in [5.74, 6) is 1.15. The molecule has 1 saturated carbocycles. The number of hydrogen-bond acceptors (Lipinski definition) is 4. The van der Waals surface area contributed by atoms with Crippen molar-refractivity contribution in [1.29, 1.82) is 0 Å². The molecule has 5 nitrogen and oxygen atoms in total. The van der Waals surface area contributed by atoms with Crippen LogP contribution in [0.2, 0.25) is 0 Å². The van der Waals surface area contributed by atoms with Gasteiger partial charge in [-0.05, 0) is 38.3 Å². The zero-order valence-corrected chi connectivity index (χ0v) is 15.8. The van der Waals surface area contributed by atoms with Gasteiger partial charge in [0, 0.05) is 45.2 Å². The van der Waals surface area contributed by atoms with Crippen molar-refractivity contribution in [2.45, 2.75) is 57.2 Å². The van der Waals surface area contributed by atoms with Crippen LogP contribution < -0.4 is 10.1 Å². The molecule has 2 saturated heterocycles. The number of carbonyl (C=O) groups is 1. The molecule has 0 radical (unpaired) electrons. The minimum atomic E-state index is -0.0966. The fraction of sp³-hybridized carbons (Fsp3) is 0.667. The first-order chi connectivity index (χ1) is 12.7. The van der Waals surface area contributed by atoms with Gasteiger partial charge >= 0.3 is 0 Å². The molecule has 2 heterocycles. The number of ether oxygens (including phenoxy) is 1. The Morgan fingerprint density at radius 1 is 1.08 bits per heavy atom. The van der Waals surface area contributed by atoms with Crippen molar-refractivity contribution >= 4 is 5.91 Å². The Bertz CT molecular complexity index is 614. The van der Waals surface area contributed by atoms with E-state index in [0.717, 1.165) is 57.4 Å². The smallest absolute Gasteiger partial charge is 0.239 e. The first kappa shape index (κ1) is 17.8. The summed E-state index contributed by atoms with van der Waals surface area (Å²) in [6, 6.07) is 8.82. The first-order valence-electron chi connectivity index (χ1n) is 10.2. The molecule has 142 valence electrons. The second-order valence-corrected chi connectivity index (χ2v) is 8.05. The van der Waals surface area contributed by atoms with E-state index in [0.29, 0.717) is 0 Å². The van der Waals surface area contributed by atoms with E-state index in [1.165, 1.54) is 24.8 Å². The minimum absolute atomic E-state index is 0.0742. The van der Waals surface area contributed by atoms with Crippen molar-refractivity contribution in [1.82, 2.24) is 15.1 Å². The Morgan fingerprint density at radius 2 is 1.88 bits per heavy atom. The van der Waals surface area contributed by atoms with Gasteiger partial charge < -0.3 is 15.0 Å². The van der Waals surface area contributed by atoms with Crippen molar-refractivity contribution in [3.8, 4) is 5.75 Å². The number of amides is 1. The fourth-order valence-electron chi connectivity index (χ4n) is 4.29. The Kier molecular flexibility index (Phi) is 5.46. The molecule has 1 aromatic carbocycles. The lowest BCUT2D eigenvalue weighted by Crippen LogP contribution is -2.46. The maximum atomic E-state index is 12.9. The van der Waals surface area contributed by atoms with Gasteiger partial charge in [0.05, 0.1) is 6.04 Å². The number of hydrogen-bond donors (Lipinski definition) is 1. The van der Waals surface area contributed by atoms with Gasteiger partial charge in [0.1, 0.15) is 11.9 Å². The maximum Gasteiger partial charge on any atom is 0.239 e. The van der Waals surface area contributed by atoms with E-state index in [4.69, 9.17) is 4.74 Å². The van der Waals surface area contributed by atoms with Crippen molar-refractivity contribution in [2.75, 3.05) is 32.7 Å². The molecule has 0 aromatic heterocycles. The van der Waals surface area contributed by atoms with Crippen LogP contribution in [0.15, 0.2) is 24.3 Å². The van der Waals surface area contributed by atoms with E-state index < -0.39 is 0 Å². The lowest BCUT2D eigenvalue weighted by atomic mass is 9.91. The second kappa shape index (κ2) is 7.97. The number of nitrogens with zero attached hydrogens (tertiary/aromatic N) is 2. The highest BCUT2D eigenvalue weighted by Crippen LogP contribution is 2.26. The van der Waals surface area contributed by atoms with Crippen LogP contribution >= 0.6 is 0 Å². The lowest BCUT2D eigenvalue weighted by molar-refractivity contribution is -0.133. The van der Waals surface area contributed by atoms with Crippen LogP contribution in [0.25, 0.3) is 0 Å². The Labute approximate surface area is 156 Å². The highest BCUT2D eigenvalue weighted by atomic mass is 16.5. The Balaban J connectivity index is 1.27. The van der Waals surface area contributed by atoms with E-state index in [-0.39, 0.29) is 18.1 Å². The summed E-state index contributed by atoms with van der Waals surface area (Å²) < 4.78 is 6.05. The van der Waals surface area contributed by atoms with E-state index in [2.05, 4.69) is 34.2 Å². The molecule has 2 aliphatic heterocycles. The molecule has 26 heavy (non-hydrogen) atoms. The number of benzene rings is 1. The van der Waals surface area contributed by atoms with Gasteiger partial charge in [-0.3, -0.25) is 9.69 Å². The largest absolute Gasteiger partial charge is 0.489 e. The van der Waals surface area contributed by atoms with Gasteiger partial charge in [0.25, 0.3) is 0 Å². The van der Waals surface area contributed by atoms with E-state index in [9.17, 15) is 4.79 Å². The van der Waals surface area contributed by atoms with Crippen molar-refractivity contribution in [3.05, 3.63) is 29.8 Å². The SMILES string of the molecule is Cc1ccc(O[C@@H]2CN[C@@H](C(=O)N3CCCN(C4CCC4)CC3)C2)cc1. The summed E-state index contributed by atoms with van der Waals surface area (Å²) in [4.78, 5) is 17.6. The molecule has 1 aromatic rings. The fourth-order valence-corrected chi connectivity index (χ4v) is 4.29. The predicted molar refractivity (Wildman–Crippen MR) is 102 cm³/mol. The molecular formula is C21H31N3O2. The van der Waals surface area contributed by atoms with Crippen LogP contribution in [0.4, 0.5) is 0 Å². The normalized spacial score (nSPS) is 27.8. The summed E-state index contributed by atoms with van der Waals surface area (Å²) in [5.41, 5.74) is 1.23. The van der Waals surface area contributed by atoms with E-state index in [1.807, 2.05) is 12.1 Å². The standard InChI is InChI=1S/C21H31N3O2/c1-16-6-8-18(9-7-16)26-19-14-20(22-15-19)21(25)24-11-3-10-23(12-13-24)17-4-2-5-17/h6-9,17,19-20,22H,2-5,10-15H2,1H3/t19-,20+/m0/s1. The molecule has 0 unspecified atom stereocenters. The van der Waals surface area contributed by atoms with Gasteiger partial charge in [-0.1, -0.05) is 24.1 Å². The summed E-state index contributed by atoms with van der Waals surface area (Å²) in [6.45, 7) is 6.76. The molecule has 2 atom stereocenters. The lowest BCUT2D eigenvalue weighted by Gasteiger charge is -2.36. The molecule has 0 spiro atoms. The van der Waals surface area contributed by atoms with Crippen molar-refractivity contribution < 1.29 is 9.53 Å². The number of aryl methyl sites for hydroxylation is 1. The van der Waals surface area contributed by atoms with Crippen LogP contribution in [-0.4, -0.2) is 66.6 Å². The van der Waals surface area contributed by atoms with Crippen LogP contribution in [0, 0.1) is 6.92 Å². The summed E-state index contributed by atoms with van der Waals surface area (Å²) in [6.07, 6.45) is 5.99. The van der Waals surface area contributed by atoms with Gasteiger partial charge in [0.2, 0.25) is 5.91 Å². The Morgan fingerprint density at radius 3 is 2.62 bits per heavy atom. The average Bonchev–Trinajstić information content (AvgIpc) is 2.93. The predicted octanol–water partition coefficient (Wildman–Crippen LogP) is 2.19. The first-order valence-corrected chi connectivity index (χ1v) is 10.2. The highest BCUT2D eigenvalue weighted by molar-refractivity contribution is 5.82. The third-order valence-electron chi connectivity index (χ3n) is 6.15. The topological polar surface area (TPSA) is 44.8 Å². The van der Waals surface area contributed by atoms with Crippen LogP contribution in [0.3, 0.4) is 0 Å². The number of carbonyl (C=O) groups excluding carboxylic acids is 1. The molecule has 0 bridgehead atoms. The molecule has 1 N–H and O–H groups in total. The Hall–Kier alpha value is -1.59. The molecule has 4 rings (SSSR count). The average molecular weight is 357 g/mol. The molecular weight excluding hydrogens is 326 g/mol. The second-order valence-electron chi connectivity index (χ2n) is 8.05. The third kappa shape index (κ3) is 4.04. The van der Waals surface area contributed by atoms with Crippen molar-refractivity contribution in [3.63, 3.8) is 0 Å². The van der Waals surface area contributed by atoms with Crippen molar-refractivity contribution in [2.24, 2.45) is 0 Å². The summed E-state index contributed by atoms with van der Waals surface area (Å²) in [5, 5.41) is 3.38. The number of nitrogens with one attached hydrogen (secondary N) is 1. The van der Waals surface area contributed by atoms with E-state index >= 15 is 0 Å². The molecule has 1 amide bonds. The van der Waals surface area contributed by atoms with E-state index in [1.54, 1.807) is 0 Å². The van der Waals surface area contributed by atoms with Gasteiger partial charge in [0.15, 0.2) is 0 Å². The van der Waals surface area contributed by atoms with Crippen LogP contribution in [0.1, 0.15) is 37.7 Å². The highest BCUT2D eigenvalue weighted by Gasteiger charge is 2.35. The molecule has 1 aliphatic carbocycles.